The van der Waals surface area contributed by atoms with Crippen molar-refractivity contribution in [1.29, 1.82) is 0 Å². The molecule has 7 nitrogen and oxygen atoms in total. The van der Waals surface area contributed by atoms with Crippen molar-refractivity contribution in [3.8, 4) is 0 Å². The van der Waals surface area contributed by atoms with Gasteiger partial charge in [0.05, 0.1) is 18.1 Å². The highest BCUT2D eigenvalue weighted by Gasteiger charge is 2.14. The number of aromatic nitrogens is 2. The Morgan fingerprint density at radius 3 is 2.64 bits per heavy atom. The lowest BCUT2D eigenvalue weighted by Crippen LogP contribution is -2.08. The molecular weight excluding hydrogens is 320 g/mol. The molecule has 0 radical (unpaired) electrons. The van der Waals surface area contributed by atoms with E-state index in [1.54, 1.807) is 18.3 Å². The molecule has 0 saturated heterocycles. The zero-order valence-corrected chi connectivity index (χ0v) is 13.5. The molecule has 0 bridgehead atoms. The van der Waals surface area contributed by atoms with E-state index >= 15 is 0 Å². The molecule has 7 heteroatoms. The third-order valence-electron chi connectivity index (χ3n) is 3.92. The summed E-state index contributed by atoms with van der Waals surface area (Å²) in [6.45, 7) is 0.862. The van der Waals surface area contributed by atoms with Gasteiger partial charge in [-0.3, -0.25) is 14.8 Å². The van der Waals surface area contributed by atoms with Crippen LogP contribution < -0.4 is 5.32 Å². The number of hydrogen-bond acceptors (Lipinski definition) is 5. The van der Waals surface area contributed by atoms with E-state index in [1.807, 2.05) is 41.2 Å². The Morgan fingerprint density at radius 2 is 1.96 bits per heavy atom. The Hall–Kier alpha value is -3.19. The van der Waals surface area contributed by atoms with Gasteiger partial charge in [-0.25, -0.2) is 0 Å². The van der Waals surface area contributed by atoms with E-state index in [9.17, 15) is 10.1 Å². The van der Waals surface area contributed by atoms with E-state index in [2.05, 4.69) is 10.4 Å². The van der Waals surface area contributed by atoms with E-state index in [4.69, 9.17) is 5.11 Å². The van der Waals surface area contributed by atoms with Crippen molar-refractivity contribution in [1.82, 2.24) is 9.78 Å². The summed E-state index contributed by atoms with van der Waals surface area (Å²) in [5, 5.41) is 27.7. The van der Waals surface area contributed by atoms with Gasteiger partial charge in [0.25, 0.3) is 5.69 Å². The van der Waals surface area contributed by atoms with Crippen LogP contribution in [0.4, 0.5) is 11.4 Å². The third-order valence-corrected chi connectivity index (χ3v) is 3.92. The van der Waals surface area contributed by atoms with Gasteiger partial charge in [0.1, 0.15) is 5.69 Å². The first-order valence-corrected chi connectivity index (χ1v) is 7.83. The van der Waals surface area contributed by atoms with Crippen LogP contribution >= 0.6 is 0 Å². The second kappa shape index (κ2) is 7.59. The van der Waals surface area contributed by atoms with Crippen molar-refractivity contribution < 1.29 is 10.0 Å². The van der Waals surface area contributed by atoms with Crippen molar-refractivity contribution >= 4 is 11.4 Å². The number of hydrogen-bond donors (Lipinski definition) is 2. The van der Waals surface area contributed by atoms with Gasteiger partial charge in [0.15, 0.2) is 0 Å². The lowest BCUT2D eigenvalue weighted by molar-refractivity contribution is -0.384. The number of nitro benzene ring substituents is 1. The molecule has 0 atom stereocenters. The molecule has 0 aliphatic rings. The lowest BCUT2D eigenvalue weighted by atomic mass is 10.1. The first-order valence-electron chi connectivity index (χ1n) is 7.83. The van der Waals surface area contributed by atoms with Gasteiger partial charge in [-0.2, -0.15) is 5.10 Å². The number of aliphatic hydroxyl groups excluding tert-OH is 1. The molecule has 3 rings (SSSR count). The van der Waals surface area contributed by atoms with Crippen LogP contribution in [-0.2, 0) is 19.7 Å². The summed E-state index contributed by atoms with van der Waals surface area (Å²) in [6.07, 6.45) is 3.62. The number of nitrogens with one attached hydrogen (secondary N) is 1. The van der Waals surface area contributed by atoms with Gasteiger partial charge >= 0.3 is 0 Å². The summed E-state index contributed by atoms with van der Waals surface area (Å²) in [5.74, 6) is 0. The van der Waals surface area contributed by atoms with Gasteiger partial charge in [-0.1, -0.05) is 30.3 Å². The van der Waals surface area contributed by atoms with Crippen LogP contribution in [0.2, 0.25) is 0 Å². The topological polar surface area (TPSA) is 93.2 Å². The summed E-state index contributed by atoms with van der Waals surface area (Å²) >= 11 is 0. The summed E-state index contributed by atoms with van der Waals surface area (Å²) in [5.41, 5.74) is 3.02. The molecule has 25 heavy (non-hydrogen) atoms. The van der Waals surface area contributed by atoms with E-state index < -0.39 is 4.92 Å². The number of aliphatic hydroxyl groups is 1. The normalized spacial score (nSPS) is 10.6. The highest BCUT2D eigenvalue weighted by atomic mass is 16.6. The standard InChI is InChI=1S/C18H18N4O3/c23-13-14-6-7-17(18(10-14)22(24)25)19-11-15-4-1-2-5-16(15)12-21-9-3-8-20-21/h1-10,19,23H,11-13H2. The van der Waals surface area contributed by atoms with Crippen LogP contribution in [0.3, 0.4) is 0 Å². The predicted molar refractivity (Wildman–Crippen MR) is 94.1 cm³/mol. The Labute approximate surface area is 144 Å². The fourth-order valence-corrected chi connectivity index (χ4v) is 2.62. The van der Waals surface area contributed by atoms with Crippen molar-refractivity contribution in [2.75, 3.05) is 5.32 Å². The van der Waals surface area contributed by atoms with E-state index in [1.165, 1.54) is 6.07 Å². The highest BCUT2D eigenvalue weighted by Crippen LogP contribution is 2.26. The van der Waals surface area contributed by atoms with E-state index in [-0.39, 0.29) is 12.3 Å². The maximum absolute atomic E-state index is 11.3. The van der Waals surface area contributed by atoms with Crippen molar-refractivity contribution in [2.24, 2.45) is 0 Å². The van der Waals surface area contributed by atoms with Crippen LogP contribution in [0.5, 0.6) is 0 Å². The van der Waals surface area contributed by atoms with Crippen LogP contribution in [0, 0.1) is 10.1 Å². The van der Waals surface area contributed by atoms with Gasteiger partial charge in [-0.05, 0) is 28.8 Å². The average molecular weight is 338 g/mol. The van der Waals surface area contributed by atoms with Crippen LogP contribution in [0.15, 0.2) is 60.9 Å². The minimum Gasteiger partial charge on any atom is -0.392 e. The molecule has 0 spiro atoms. The number of nitrogens with zero attached hydrogens (tertiary/aromatic N) is 3. The van der Waals surface area contributed by atoms with Crippen LogP contribution in [0.1, 0.15) is 16.7 Å². The average Bonchev–Trinajstić information content (AvgIpc) is 3.14. The largest absolute Gasteiger partial charge is 0.392 e. The Kier molecular flexibility index (Phi) is 5.06. The maximum Gasteiger partial charge on any atom is 0.292 e. The lowest BCUT2D eigenvalue weighted by Gasteiger charge is -2.12. The molecule has 1 aromatic heterocycles. The minimum absolute atomic E-state index is 0.0453. The van der Waals surface area contributed by atoms with Gasteiger partial charge in [-0.15, -0.1) is 0 Å². The van der Waals surface area contributed by atoms with Crippen molar-refractivity contribution in [3.63, 3.8) is 0 Å². The smallest absolute Gasteiger partial charge is 0.292 e. The molecule has 128 valence electrons. The zero-order valence-electron chi connectivity index (χ0n) is 13.5. The first kappa shape index (κ1) is 16.7. The van der Waals surface area contributed by atoms with Crippen LogP contribution in [0.25, 0.3) is 0 Å². The monoisotopic (exact) mass is 338 g/mol. The number of benzene rings is 2. The third kappa shape index (κ3) is 4.02. The fourth-order valence-electron chi connectivity index (χ4n) is 2.62. The summed E-state index contributed by atoms with van der Waals surface area (Å²) < 4.78 is 1.83. The van der Waals surface area contributed by atoms with E-state index in [0.29, 0.717) is 24.3 Å². The zero-order chi connectivity index (χ0) is 17.6. The molecule has 2 aromatic carbocycles. The molecule has 3 aromatic rings. The number of rotatable bonds is 7. The Balaban J connectivity index is 1.79. The minimum atomic E-state index is -0.447. The summed E-state index contributed by atoms with van der Waals surface area (Å²) in [7, 11) is 0. The maximum atomic E-state index is 11.3. The molecule has 0 amide bonds. The quantitative estimate of drug-likeness (QED) is 0.510. The summed E-state index contributed by atoms with van der Waals surface area (Å²) in [4.78, 5) is 10.8. The van der Waals surface area contributed by atoms with E-state index in [0.717, 1.165) is 11.1 Å². The molecule has 1 heterocycles. The first-order chi connectivity index (χ1) is 12.2. The number of anilines is 1. The molecular formula is C18H18N4O3. The molecule has 0 aliphatic heterocycles. The number of nitro groups is 1. The second-order valence-electron chi connectivity index (χ2n) is 5.59. The predicted octanol–water partition coefficient (Wildman–Crippen LogP) is 2.94. The highest BCUT2D eigenvalue weighted by molar-refractivity contribution is 5.62. The van der Waals surface area contributed by atoms with Gasteiger partial charge in [0, 0.05) is 25.0 Å². The summed E-state index contributed by atoms with van der Waals surface area (Å²) in [6, 6.07) is 14.4. The molecule has 0 unspecified atom stereocenters. The van der Waals surface area contributed by atoms with Crippen molar-refractivity contribution in [3.05, 3.63) is 87.7 Å². The van der Waals surface area contributed by atoms with Gasteiger partial charge < -0.3 is 10.4 Å². The van der Waals surface area contributed by atoms with Crippen LogP contribution in [-0.4, -0.2) is 19.8 Å². The molecule has 0 saturated carbocycles. The molecule has 0 aliphatic carbocycles. The molecule has 0 fully saturated rings. The SMILES string of the molecule is O=[N+]([O-])c1cc(CO)ccc1NCc1ccccc1Cn1cccn1. The Morgan fingerprint density at radius 1 is 1.16 bits per heavy atom. The molecule has 2 N–H and O–H groups in total. The Bertz CT molecular complexity index is 863. The fraction of sp³-hybridized carbons (Fsp3) is 0.167. The van der Waals surface area contributed by atoms with Gasteiger partial charge in [0.2, 0.25) is 0 Å². The second-order valence-corrected chi connectivity index (χ2v) is 5.59. The van der Waals surface area contributed by atoms with Crippen molar-refractivity contribution in [2.45, 2.75) is 19.7 Å².